The quantitative estimate of drug-likeness (QED) is 0.285. The summed E-state index contributed by atoms with van der Waals surface area (Å²) in [5.41, 5.74) is 1.24. The zero-order valence-corrected chi connectivity index (χ0v) is 17.2. The maximum Gasteiger partial charge on any atom is 0.262 e. The third kappa shape index (κ3) is 6.56. The number of aryl methyl sites for hydroxylation is 1. The summed E-state index contributed by atoms with van der Waals surface area (Å²) < 4.78 is 5.71. The molecule has 0 bridgehead atoms. The van der Waals surface area contributed by atoms with Gasteiger partial charge in [-0.15, -0.1) is 0 Å². The lowest BCUT2D eigenvalue weighted by atomic mass is 10.1. The van der Waals surface area contributed by atoms with E-state index in [1.165, 1.54) is 23.4 Å². The number of nitrogens with zero attached hydrogens (tertiary/aromatic N) is 1. The van der Waals surface area contributed by atoms with E-state index in [9.17, 15) is 10.1 Å². The van der Waals surface area contributed by atoms with E-state index < -0.39 is 5.91 Å². The Bertz CT molecular complexity index is 1020. The highest BCUT2D eigenvalue weighted by Gasteiger charge is 2.10. The van der Waals surface area contributed by atoms with Crippen molar-refractivity contribution in [3.63, 3.8) is 0 Å². The topological polar surface area (TPSA) is 66.0 Å². The first-order valence-electron chi connectivity index (χ1n) is 9.11. The number of amides is 1. The fourth-order valence-electron chi connectivity index (χ4n) is 2.61. The molecule has 4 nitrogen and oxygen atoms in total. The van der Waals surface area contributed by atoms with Crippen LogP contribution in [0.15, 0.2) is 86.7 Å². The number of halogens is 1. The average molecular weight is 423 g/mol. The maximum atomic E-state index is 12.3. The highest BCUT2D eigenvalue weighted by Crippen LogP contribution is 2.30. The predicted octanol–water partition coefficient (Wildman–Crippen LogP) is 5.74. The minimum atomic E-state index is -0.399. The second kappa shape index (κ2) is 10.6. The third-order valence-electron chi connectivity index (χ3n) is 4.06. The van der Waals surface area contributed by atoms with Crippen LogP contribution in [0.4, 0.5) is 0 Å². The number of carbonyl (C=O) groups is 1. The molecule has 2 aromatic carbocycles. The molecule has 0 spiro atoms. The van der Waals surface area contributed by atoms with E-state index in [1.807, 2.05) is 48.5 Å². The van der Waals surface area contributed by atoms with Crippen molar-refractivity contribution in [1.29, 1.82) is 5.26 Å². The van der Waals surface area contributed by atoms with Gasteiger partial charge in [-0.1, -0.05) is 53.7 Å². The zero-order chi connectivity index (χ0) is 20.5. The lowest BCUT2D eigenvalue weighted by Crippen LogP contribution is -2.25. The van der Waals surface area contributed by atoms with Gasteiger partial charge in [0, 0.05) is 22.5 Å². The number of benzene rings is 2. The number of rotatable bonds is 8. The molecule has 29 heavy (non-hydrogen) atoms. The van der Waals surface area contributed by atoms with Crippen molar-refractivity contribution in [2.75, 3.05) is 6.54 Å². The lowest BCUT2D eigenvalue weighted by Gasteiger charge is -2.04. The molecule has 1 amide bonds. The summed E-state index contributed by atoms with van der Waals surface area (Å²) in [6, 6.07) is 23.0. The second-order valence-electron chi connectivity index (χ2n) is 6.23. The summed E-state index contributed by atoms with van der Waals surface area (Å²) in [4.78, 5) is 13.2. The van der Waals surface area contributed by atoms with E-state index in [-0.39, 0.29) is 5.57 Å². The molecular formula is C23H19ClN2O2S. The smallest absolute Gasteiger partial charge is 0.262 e. The fourth-order valence-corrected chi connectivity index (χ4v) is 3.52. The molecule has 3 aromatic rings. The van der Waals surface area contributed by atoms with Crippen LogP contribution in [0.1, 0.15) is 17.7 Å². The Morgan fingerprint density at radius 2 is 1.86 bits per heavy atom. The molecule has 6 heteroatoms. The van der Waals surface area contributed by atoms with Crippen molar-refractivity contribution < 1.29 is 9.21 Å². The number of hydrogen-bond acceptors (Lipinski definition) is 4. The molecule has 0 radical (unpaired) electrons. The standard InChI is InChI=1S/C23H19ClN2O2S/c24-19-8-11-21(12-9-19)29-22-13-10-20(28-22)15-18(16-25)23(27)26-14-4-7-17-5-2-1-3-6-17/h1-3,5-6,8-13,15H,4,7,14H2,(H,26,27)/b18-15-. The third-order valence-corrected chi connectivity index (χ3v) is 5.24. The Balaban J connectivity index is 1.53. The van der Waals surface area contributed by atoms with Gasteiger partial charge in [0.2, 0.25) is 0 Å². The van der Waals surface area contributed by atoms with Gasteiger partial charge >= 0.3 is 0 Å². The van der Waals surface area contributed by atoms with Crippen LogP contribution in [-0.2, 0) is 11.2 Å². The van der Waals surface area contributed by atoms with Crippen molar-refractivity contribution in [2.24, 2.45) is 0 Å². The summed E-state index contributed by atoms with van der Waals surface area (Å²) in [6.07, 6.45) is 3.13. The second-order valence-corrected chi connectivity index (χ2v) is 7.74. The molecule has 1 aromatic heterocycles. The summed E-state index contributed by atoms with van der Waals surface area (Å²) >= 11 is 7.33. The SMILES string of the molecule is N#C/C(=C/c1ccc(Sc2ccc(Cl)cc2)o1)C(=O)NCCCc1ccccc1. The summed E-state index contributed by atoms with van der Waals surface area (Å²) in [6.45, 7) is 0.503. The molecule has 0 aliphatic rings. The number of nitrogens with one attached hydrogen (secondary N) is 1. The minimum absolute atomic E-state index is 0.0158. The van der Waals surface area contributed by atoms with Crippen LogP contribution < -0.4 is 5.32 Å². The zero-order valence-electron chi connectivity index (χ0n) is 15.6. The molecule has 1 N–H and O–H groups in total. The monoisotopic (exact) mass is 422 g/mol. The normalized spacial score (nSPS) is 11.1. The van der Waals surface area contributed by atoms with Crippen LogP contribution >= 0.6 is 23.4 Å². The van der Waals surface area contributed by atoms with Gasteiger partial charge in [0.15, 0.2) is 5.09 Å². The molecule has 1 heterocycles. The van der Waals surface area contributed by atoms with Gasteiger partial charge < -0.3 is 9.73 Å². The van der Waals surface area contributed by atoms with Crippen LogP contribution in [0.5, 0.6) is 0 Å². The summed E-state index contributed by atoms with van der Waals surface area (Å²) in [5, 5.41) is 13.4. The molecule has 0 unspecified atom stereocenters. The molecule has 3 rings (SSSR count). The van der Waals surface area contributed by atoms with Crippen molar-refractivity contribution in [1.82, 2.24) is 5.32 Å². The van der Waals surface area contributed by atoms with Gasteiger partial charge in [-0.2, -0.15) is 5.26 Å². The summed E-state index contributed by atoms with van der Waals surface area (Å²) in [7, 11) is 0. The van der Waals surface area contributed by atoms with Gasteiger partial charge in [-0.25, -0.2) is 0 Å². The highest BCUT2D eigenvalue weighted by molar-refractivity contribution is 7.99. The van der Waals surface area contributed by atoms with Crippen LogP contribution in [-0.4, -0.2) is 12.5 Å². The van der Waals surface area contributed by atoms with Crippen LogP contribution in [0.25, 0.3) is 6.08 Å². The largest absolute Gasteiger partial charge is 0.450 e. The van der Waals surface area contributed by atoms with E-state index in [1.54, 1.807) is 12.1 Å². The van der Waals surface area contributed by atoms with E-state index in [2.05, 4.69) is 17.4 Å². The fraction of sp³-hybridized carbons (Fsp3) is 0.130. The predicted molar refractivity (Wildman–Crippen MR) is 116 cm³/mol. The minimum Gasteiger partial charge on any atom is -0.450 e. The van der Waals surface area contributed by atoms with Gasteiger partial charge in [0.25, 0.3) is 5.91 Å². The van der Waals surface area contributed by atoms with Crippen molar-refractivity contribution in [2.45, 2.75) is 22.8 Å². The lowest BCUT2D eigenvalue weighted by molar-refractivity contribution is -0.117. The first-order valence-corrected chi connectivity index (χ1v) is 10.3. The van der Waals surface area contributed by atoms with Crippen molar-refractivity contribution in [3.05, 3.63) is 88.6 Å². The van der Waals surface area contributed by atoms with Crippen molar-refractivity contribution in [3.8, 4) is 6.07 Å². The van der Waals surface area contributed by atoms with E-state index >= 15 is 0 Å². The Kier molecular flexibility index (Phi) is 7.57. The molecule has 0 atom stereocenters. The average Bonchev–Trinajstić information content (AvgIpc) is 3.18. The van der Waals surface area contributed by atoms with Gasteiger partial charge in [-0.3, -0.25) is 4.79 Å². The number of furan rings is 1. The molecule has 0 aliphatic carbocycles. The first-order chi connectivity index (χ1) is 14.1. The van der Waals surface area contributed by atoms with Crippen LogP contribution in [0, 0.1) is 11.3 Å². The van der Waals surface area contributed by atoms with E-state index in [0.29, 0.717) is 22.4 Å². The number of hydrogen-bond donors (Lipinski definition) is 1. The van der Waals surface area contributed by atoms with E-state index in [0.717, 1.165) is 17.7 Å². The molecule has 0 saturated heterocycles. The van der Waals surface area contributed by atoms with Gasteiger partial charge in [0.05, 0.1) is 0 Å². The maximum absolute atomic E-state index is 12.3. The van der Waals surface area contributed by atoms with Gasteiger partial charge in [-0.05, 0) is 54.8 Å². The Morgan fingerprint density at radius 1 is 1.10 bits per heavy atom. The van der Waals surface area contributed by atoms with Crippen LogP contribution in [0.3, 0.4) is 0 Å². The Morgan fingerprint density at radius 3 is 2.59 bits per heavy atom. The van der Waals surface area contributed by atoms with Crippen molar-refractivity contribution >= 4 is 35.3 Å². The van der Waals surface area contributed by atoms with E-state index in [4.69, 9.17) is 16.0 Å². The molecule has 0 aliphatic heterocycles. The first kappa shape index (κ1) is 20.8. The number of carbonyl (C=O) groups excluding carboxylic acids is 1. The Labute approximate surface area is 179 Å². The molecule has 0 fully saturated rings. The number of nitriles is 1. The molecular weight excluding hydrogens is 404 g/mol. The summed E-state index contributed by atoms with van der Waals surface area (Å²) in [5.74, 6) is 0.0568. The highest BCUT2D eigenvalue weighted by atomic mass is 35.5. The molecule has 0 saturated carbocycles. The Hall–Kier alpha value is -2.94. The van der Waals surface area contributed by atoms with Crippen LogP contribution in [0.2, 0.25) is 5.02 Å². The van der Waals surface area contributed by atoms with Gasteiger partial charge in [0.1, 0.15) is 17.4 Å². The molecule has 146 valence electrons.